The Morgan fingerprint density at radius 1 is 1.14 bits per heavy atom. The van der Waals surface area contributed by atoms with E-state index < -0.39 is 0 Å². The summed E-state index contributed by atoms with van der Waals surface area (Å²) in [5.74, 6) is 2.45. The van der Waals surface area contributed by atoms with Gasteiger partial charge in [0.05, 0.1) is 7.11 Å². The van der Waals surface area contributed by atoms with Gasteiger partial charge in [-0.1, -0.05) is 42.5 Å². The second-order valence-corrected chi connectivity index (χ2v) is 5.92. The van der Waals surface area contributed by atoms with Crippen LogP contribution in [-0.4, -0.2) is 13.7 Å². The van der Waals surface area contributed by atoms with Crippen molar-refractivity contribution in [3.63, 3.8) is 0 Å². The van der Waals surface area contributed by atoms with Gasteiger partial charge in [-0.3, -0.25) is 0 Å². The molecule has 1 saturated carbocycles. The fraction of sp³-hybridized carbons (Fsp3) is 0.368. The van der Waals surface area contributed by atoms with Crippen molar-refractivity contribution >= 4 is 0 Å². The highest BCUT2D eigenvalue weighted by molar-refractivity contribution is 5.30. The number of nitrogens with one attached hydrogen (secondary N) is 1. The first-order valence-corrected chi connectivity index (χ1v) is 7.70. The van der Waals surface area contributed by atoms with E-state index in [-0.39, 0.29) is 0 Å². The molecule has 110 valence electrons. The maximum absolute atomic E-state index is 5.29. The molecule has 1 aliphatic rings. The van der Waals surface area contributed by atoms with Crippen LogP contribution in [0.15, 0.2) is 54.6 Å². The first-order chi connectivity index (χ1) is 10.3. The highest BCUT2D eigenvalue weighted by atomic mass is 16.5. The highest BCUT2D eigenvalue weighted by Crippen LogP contribution is 2.47. The van der Waals surface area contributed by atoms with Gasteiger partial charge in [0.25, 0.3) is 0 Å². The molecule has 0 aliphatic heterocycles. The van der Waals surface area contributed by atoms with E-state index in [1.54, 1.807) is 7.11 Å². The van der Waals surface area contributed by atoms with Gasteiger partial charge in [-0.2, -0.15) is 0 Å². The van der Waals surface area contributed by atoms with Crippen LogP contribution in [-0.2, 0) is 0 Å². The Balaban J connectivity index is 1.52. The van der Waals surface area contributed by atoms with Gasteiger partial charge >= 0.3 is 0 Å². The van der Waals surface area contributed by atoms with Crippen molar-refractivity contribution in [3.8, 4) is 5.75 Å². The van der Waals surface area contributed by atoms with E-state index in [0.717, 1.165) is 24.1 Å². The monoisotopic (exact) mass is 281 g/mol. The number of ether oxygens (including phenoxy) is 1. The van der Waals surface area contributed by atoms with Crippen LogP contribution in [0.25, 0.3) is 0 Å². The molecule has 1 fully saturated rings. The lowest BCUT2D eigenvalue weighted by Crippen LogP contribution is -2.21. The normalized spacial score (nSPS) is 21.8. The third-order valence-corrected chi connectivity index (χ3v) is 4.43. The number of methoxy groups -OCH3 is 1. The summed E-state index contributed by atoms with van der Waals surface area (Å²) in [5, 5.41) is 3.66. The molecule has 3 atom stereocenters. The van der Waals surface area contributed by atoms with Gasteiger partial charge in [0, 0.05) is 6.04 Å². The summed E-state index contributed by atoms with van der Waals surface area (Å²) >= 11 is 0. The Hall–Kier alpha value is -1.80. The van der Waals surface area contributed by atoms with E-state index >= 15 is 0 Å². The molecular weight excluding hydrogens is 258 g/mol. The molecule has 1 aliphatic carbocycles. The summed E-state index contributed by atoms with van der Waals surface area (Å²) < 4.78 is 5.29. The van der Waals surface area contributed by atoms with Crippen LogP contribution in [0.4, 0.5) is 0 Å². The van der Waals surface area contributed by atoms with Crippen molar-refractivity contribution < 1.29 is 4.74 Å². The molecule has 2 aromatic rings. The average Bonchev–Trinajstić information content (AvgIpc) is 3.33. The van der Waals surface area contributed by atoms with E-state index in [4.69, 9.17) is 4.74 Å². The fourth-order valence-corrected chi connectivity index (χ4v) is 2.94. The maximum atomic E-state index is 5.29. The summed E-state index contributed by atoms with van der Waals surface area (Å²) in [5.41, 5.74) is 2.77. The van der Waals surface area contributed by atoms with E-state index in [0.29, 0.717) is 6.04 Å². The first-order valence-electron chi connectivity index (χ1n) is 7.70. The zero-order valence-corrected chi connectivity index (χ0v) is 12.8. The van der Waals surface area contributed by atoms with Gasteiger partial charge in [0.2, 0.25) is 0 Å². The number of hydrogen-bond donors (Lipinski definition) is 1. The Kier molecular flexibility index (Phi) is 4.26. The van der Waals surface area contributed by atoms with Crippen LogP contribution < -0.4 is 10.1 Å². The molecule has 0 bridgehead atoms. The summed E-state index contributed by atoms with van der Waals surface area (Å²) in [6.07, 6.45) is 1.31. The molecule has 1 N–H and O–H groups in total. The lowest BCUT2D eigenvalue weighted by atomic mass is 10.1. The SMILES string of the molecule is COc1cccc([C@@H](C)NC[C@@H]2C[C@H]2c2ccccc2)c1. The van der Waals surface area contributed by atoms with Crippen molar-refractivity contribution in [2.24, 2.45) is 5.92 Å². The van der Waals surface area contributed by atoms with E-state index in [1.807, 2.05) is 6.07 Å². The molecule has 0 unspecified atom stereocenters. The van der Waals surface area contributed by atoms with Gasteiger partial charge in [-0.15, -0.1) is 0 Å². The van der Waals surface area contributed by atoms with Crippen LogP contribution in [0.1, 0.15) is 36.4 Å². The molecule has 2 aromatic carbocycles. The highest BCUT2D eigenvalue weighted by Gasteiger charge is 2.37. The van der Waals surface area contributed by atoms with Crippen LogP contribution in [0, 0.1) is 5.92 Å². The fourth-order valence-electron chi connectivity index (χ4n) is 2.94. The van der Waals surface area contributed by atoms with Crippen molar-refractivity contribution in [2.45, 2.75) is 25.3 Å². The first kappa shape index (κ1) is 14.2. The molecule has 0 saturated heterocycles. The largest absolute Gasteiger partial charge is 0.497 e. The van der Waals surface area contributed by atoms with E-state index in [9.17, 15) is 0 Å². The second kappa shape index (κ2) is 6.31. The predicted molar refractivity (Wildman–Crippen MR) is 86.7 cm³/mol. The van der Waals surface area contributed by atoms with Gasteiger partial charge in [-0.05, 0) is 55.0 Å². The topological polar surface area (TPSA) is 21.3 Å². The zero-order valence-electron chi connectivity index (χ0n) is 12.8. The third kappa shape index (κ3) is 3.45. The van der Waals surface area contributed by atoms with Crippen molar-refractivity contribution in [1.82, 2.24) is 5.32 Å². The Bertz CT molecular complexity index is 581. The van der Waals surface area contributed by atoms with Crippen LogP contribution in [0.3, 0.4) is 0 Å². The van der Waals surface area contributed by atoms with Gasteiger partial charge in [0.1, 0.15) is 5.75 Å². The Morgan fingerprint density at radius 3 is 2.71 bits per heavy atom. The smallest absolute Gasteiger partial charge is 0.119 e. The molecular formula is C19H23NO. The molecule has 0 heterocycles. The van der Waals surface area contributed by atoms with Gasteiger partial charge in [0.15, 0.2) is 0 Å². The lowest BCUT2D eigenvalue weighted by molar-refractivity contribution is 0.413. The molecule has 0 aromatic heterocycles. The van der Waals surface area contributed by atoms with Gasteiger partial charge in [-0.25, -0.2) is 0 Å². The minimum absolute atomic E-state index is 0.358. The summed E-state index contributed by atoms with van der Waals surface area (Å²) in [6.45, 7) is 3.30. The van der Waals surface area contributed by atoms with Crippen LogP contribution in [0.2, 0.25) is 0 Å². The van der Waals surface area contributed by atoms with Crippen LogP contribution >= 0.6 is 0 Å². The summed E-state index contributed by atoms with van der Waals surface area (Å²) in [7, 11) is 1.71. The molecule has 2 heteroatoms. The number of rotatable bonds is 6. The molecule has 3 rings (SSSR count). The molecule has 0 radical (unpaired) electrons. The minimum atomic E-state index is 0.358. The second-order valence-electron chi connectivity index (χ2n) is 5.92. The maximum Gasteiger partial charge on any atom is 0.119 e. The average molecular weight is 281 g/mol. The Morgan fingerprint density at radius 2 is 1.95 bits per heavy atom. The zero-order chi connectivity index (χ0) is 14.7. The molecule has 0 amide bonds. The summed E-state index contributed by atoms with van der Waals surface area (Å²) in [6, 6.07) is 19.5. The van der Waals surface area contributed by atoms with Crippen molar-refractivity contribution in [1.29, 1.82) is 0 Å². The molecule has 21 heavy (non-hydrogen) atoms. The van der Waals surface area contributed by atoms with Gasteiger partial charge < -0.3 is 10.1 Å². The molecule has 2 nitrogen and oxygen atoms in total. The standard InChI is InChI=1S/C19H23NO/c1-14(16-9-6-10-18(11-16)21-2)20-13-17-12-19(17)15-7-4-3-5-8-15/h3-11,14,17,19-20H,12-13H2,1-2H3/t14-,17+,19+/m1/s1. The summed E-state index contributed by atoms with van der Waals surface area (Å²) in [4.78, 5) is 0. The molecule has 0 spiro atoms. The van der Waals surface area contributed by atoms with Crippen LogP contribution in [0.5, 0.6) is 5.75 Å². The minimum Gasteiger partial charge on any atom is -0.497 e. The lowest BCUT2D eigenvalue weighted by Gasteiger charge is -2.15. The number of benzene rings is 2. The number of hydrogen-bond acceptors (Lipinski definition) is 2. The quantitative estimate of drug-likeness (QED) is 0.859. The predicted octanol–water partition coefficient (Wildman–Crippen LogP) is 4.15. The van der Waals surface area contributed by atoms with Crippen molar-refractivity contribution in [3.05, 3.63) is 65.7 Å². The Labute approximate surface area is 127 Å². The van der Waals surface area contributed by atoms with E-state index in [1.165, 1.54) is 17.5 Å². The van der Waals surface area contributed by atoms with Crippen molar-refractivity contribution in [2.75, 3.05) is 13.7 Å². The van der Waals surface area contributed by atoms with E-state index in [2.05, 4.69) is 60.8 Å². The third-order valence-electron chi connectivity index (χ3n) is 4.43.